The number of rotatable bonds is 4. The minimum Gasteiger partial charge on any atom is -0.476 e. The van der Waals surface area contributed by atoms with Gasteiger partial charge < -0.3 is 5.11 Å². The lowest BCUT2D eigenvalue weighted by molar-refractivity contribution is 0.0692. The standard InChI is InChI=1S/C12H17N3O4S/c1-9-4-3-7-15(8-9)20(18,19)14-10-5-2-6-13-11(10)12(16)17/h2,5-6,9,14H,3-4,7-8H2,1H3,(H,16,17). The number of carboxylic acid groups (broad SMARTS) is 1. The third-order valence-corrected chi connectivity index (χ3v) is 4.70. The molecule has 0 aliphatic carbocycles. The summed E-state index contributed by atoms with van der Waals surface area (Å²) in [5.74, 6) is -0.969. The van der Waals surface area contributed by atoms with Crippen LogP contribution in [0.15, 0.2) is 18.3 Å². The topological polar surface area (TPSA) is 99.6 Å². The van der Waals surface area contributed by atoms with Gasteiger partial charge in [-0.1, -0.05) is 6.92 Å². The Morgan fingerprint density at radius 2 is 2.30 bits per heavy atom. The molecule has 1 unspecified atom stereocenters. The number of hydrogen-bond donors (Lipinski definition) is 2. The van der Waals surface area contributed by atoms with Crippen molar-refractivity contribution in [3.63, 3.8) is 0 Å². The fourth-order valence-corrected chi connectivity index (χ4v) is 3.62. The lowest BCUT2D eigenvalue weighted by atomic mass is 10.0. The molecule has 2 heterocycles. The van der Waals surface area contributed by atoms with Crippen LogP contribution in [0.2, 0.25) is 0 Å². The SMILES string of the molecule is CC1CCCN(S(=O)(=O)Nc2cccnc2C(=O)O)C1. The van der Waals surface area contributed by atoms with E-state index >= 15 is 0 Å². The summed E-state index contributed by atoms with van der Waals surface area (Å²) < 4.78 is 28.2. The molecule has 7 nitrogen and oxygen atoms in total. The van der Waals surface area contributed by atoms with Crippen LogP contribution in [0.5, 0.6) is 0 Å². The molecule has 1 atom stereocenters. The van der Waals surface area contributed by atoms with E-state index in [0.717, 1.165) is 12.8 Å². The predicted octanol–water partition coefficient (Wildman–Crippen LogP) is 1.17. The average molecular weight is 299 g/mol. The van der Waals surface area contributed by atoms with E-state index < -0.39 is 16.2 Å². The zero-order chi connectivity index (χ0) is 14.8. The molecule has 20 heavy (non-hydrogen) atoms. The Kier molecular flexibility index (Phi) is 4.24. The Bertz CT molecular complexity index is 602. The van der Waals surface area contributed by atoms with E-state index in [0.29, 0.717) is 19.0 Å². The molecule has 0 radical (unpaired) electrons. The van der Waals surface area contributed by atoms with E-state index in [4.69, 9.17) is 5.11 Å². The number of hydrogen-bond acceptors (Lipinski definition) is 4. The first-order valence-electron chi connectivity index (χ1n) is 6.36. The fourth-order valence-electron chi connectivity index (χ4n) is 2.23. The van der Waals surface area contributed by atoms with Crippen LogP contribution < -0.4 is 4.72 Å². The average Bonchev–Trinajstić information content (AvgIpc) is 2.38. The number of nitrogens with zero attached hydrogens (tertiary/aromatic N) is 2. The molecule has 0 aromatic carbocycles. The van der Waals surface area contributed by atoms with Crippen molar-refractivity contribution in [3.05, 3.63) is 24.0 Å². The zero-order valence-corrected chi connectivity index (χ0v) is 11.9. The molecule has 1 saturated heterocycles. The molecular formula is C12H17N3O4S. The Morgan fingerprint density at radius 1 is 1.55 bits per heavy atom. The van der Waals surface area contributed by atoms with E-state index in [9.17, 15) is 13.2 Å². The van der Waals surface area contributed by atoms with Crippen LogP contribution in [0.25, 0.3) is 0 Å². The Balaban J connectivity index is 2.22. The van der Waals surface area contributed by atoms with Gasteiger partial charge in [0.1, 0.15) is 0 Å². The second kappa shape index (κ2) is 5.76. The molecule has 0 bridgehead atoms. The predicted molar refractivity (Wildman–Crippen MR) is 73.7 cm³/mol. The first-order valence-corrected chi connectivity index (χ1v) is 7.80. The van der Waals surface area contributed by atoms with Gasteiger partial charge in [-0.15, -0.1) is 0 Å². The number of piperidine rings is 1. The van der Waals surface area contributed by atoms with Crippen molar-refractivity contribution in [1.82, 2.24) is 9.29 Å². The van der Waals surface area contributed by atoms with Crippen LogP contribution in [0.3, 0.4) is 0 Å². The lowest BCUT2D eigenvalue weighted by Crippen LogP contribution is -2.42. The van der Waals surface area contributed by atoms with Gasteiger partial charge in [-0.25, -0.2) is 9.78 Å². The monoisotopic (exact) mass is 299 g/mol. The molecule has 0 spiro atoms. The van der Waals surface area contributed by atoms with Gasteiger partial charge in [-0.2, -0.15) is 12.7 Å². The third-order valence-electron chi connectivity index (χ3n) is 3.21. The Labute approximate surface area is 117 Å². The Hall–Kier alpha value is -1.67. The molecule has 2 rings (SSSR count). The maximum Gasteiger partial charge on any atom is 0.356 e. The molecule has 0 saturated carbocycles. The number of aromatic carboxylic acids is 1. The van der Waals surface area contributed by atoms with Crippen LogP contribution in [0.1, 0.15) is 30.3 Å². The number of carboxylic acids is 1. The van der Waals surface area contributed by atoms with Gasteiger partial charge in [-0.3, -0.25) is 4.72 Å². The molecule has 110 valence electrons. The van der Waals surface area contributed by atoms with Gasteiger partial charge in [0.15, 0.2) is 5.69 Å². The van der Waals surface area contributed by atoms with E-state index in [1.807, 2.05) is 6.92 Å². The molecule has 2 N–H and O–H groups in total. The summed E-state index contributed by atoms with van der Waals surface area (Å²) in [7, 11) is -3.75. The first-order chi connectivity index (χ1) is 9.40. The van der Waals surface area contributed by atoms with Gasteiger partial charge in [0, 0.05) is 19.3 Å². The summed E-state index contributed by atoms with van der Waals surface area (Å²) in [6.45, 7) is 2.88. The summed E-state index contributed by atoms with van der Waals surface area (Å²) in [5, 5.41) is 9.00. The number of pyridine rings is 1. The maximum absolute atomic E-state index is 12.3. The maximum atomic E-state index is 12.3. The summed E-state index contributed by atoms with van der Waals surface area (Å²) in [6.07, 6.45) is 3.12. The van der Waals surface area contributed by atoms with Crippen molar-refractivity contribution < 1.29 is 18.3 Å². The second-order valence-corrected chi connectivity index (χ2v) is 6.59. The van der Waals surface area contributed by atoms with E-state index in [2.05, 4.69) is 9.71 Å². The minimum atomic E-state index is -3.75. The first kappa shape index (κ1) is 14.7. The summed E-state index contributed by atoms with van der Waals surface area (Å²) in [4.78, 5) is 14.7. The van der Waals surface area contributed by atoms with Crippen LogP contribution in [0, 0.1) is 5.92 Å². The molecule has 1 fully saturated rings. The highest BCUT2D eigenvalue weighted by Crippen LogP contribution is 2.21. The highest BCUT2D eigenvalue weighted by molar-refractivity contribution is 7.90. The largest absolute Gasteiger partial charge is 0.476 e. The zero-order valence-electron chi connectivity index (χ0n) is 11.1. The van der Waals surface area contributed by atoms with Crippen molar-refractivity contribution in [3.8, 4) is 0 Å². The quantitative estimate of drug-likeness (QED) is 0.869. The molecular weight excluding hydrogens is 282 g/mol. The van der Waals surface area contributed by atoms with E-state index in [1.54, 1.807) is 0 Å². The number of anilines is 1. The summed E-state index contributed by atoms with van der Waals surface area (Å²) in [5.41, 5.74) is -0.320. The fraction of sp³-hybridized carbons (Fsp3) is 0.500. The van der Waals surface area contributed by atoms with Crippen LogP contribution >= 0.6 is 0 Å². The highest BCUT2D eigenvalue weighted by atomic mass is 32.2. The normalized spacial score (nSPS) is 20.6. The number of aromatic nitrogens is 1. The number of nitrogens with one attached hydrogen (secondary N) is 1. The minimum absolute atomic E-state index is 0.0155. The molecule has 1 aromatic rings. The van der Waals surface area contributed by atoms with E-state index in [1.165, 1.54) is 22.6 Å². The molecule has 0 amide bonds. The molecule has 1 aliphatic rings. The van der Waals surface area contributed by atoms with Crippen molar-refractivity contribution in [2.24, 2.45) is 5.92 Å². The second-order valence-electron chi connectivity index (χ2n) is 4.92. The lowest BCUT2D eigenvalue weighted by Gasteiger charge is -2.30. The molecule has 1 aliphatic heterocycles. The van der Waals surface area contributed by atoms with Crippen molar-refractivity contribution in [2.45, 2.75) is 19.8 Å². The highest BCUT2D eigenvalue weighted by Gasteiger charge is 2.28. The van der Waals surface area contributed by atoms with Crippen molar-refractivity contribution in [2.75, 3.05) is 17.8 Å². The van der Waals surface area contributed by atoms with E-state index in [-0.39, 0.29) is 11.4 Å². The Morgan fingerprint density at radius 3 is 2.95 bits per heavy atom. The smallest absolute Gasteiger partial charge is 0.356 e. The van der Waals surface area contributed by atoms with Crippen LogP contribution in [0.4, 0.5) is 5.69 Å². The van der Waals surface area contributed by atoms with Gasteiger partial charge in [0.25, 0.3) is 0 Å². The van der Waals surface area contributed by atoms with Gasteiger partial charge in [-0.05, 0) is 30.9 Å². The molecule has 1 aromatic heterocycles. The number of carbonyl (C=O) groups is 1. The van der Waals surface area contributed by atoms with Crippen LogP contribution in [-0.2, 0) is 10.2 Å². The van der Waals surface area contributed by atoms with Crippen molar-refractivity contribution >= 4 is 21.9 Å². The van der Waals surface area contributed by atoms with Gasteiger partial charge in [0.2, 0.25) is 0 Å². The summed E-state index contributed by atoms with van der Waals surface area (Å²) >= 11 is 0. The molecule has 8 heteroatoms. The summed E-state index contributed by atoms with van der Waals surface area (Å²) in [6, 6.07) is 2.88. The van der Waals surface area contributed by atoms with Crippen molar-refractivity contribution in [1.29, 1.82) is 0 Å². The third kappa shape index (κ3) is 3.26. The van der Waals surface area contributed by atoms with Crippen LogP contribution in [-0.4, -0.2) is 41.9 Å². The van der Waals surface area contributed by atoms with Gasteiger partial charge >= 0.3 is 16.2 Å². The van der Waals surface area contributed by atoms with Gasteiger partial charge in [0.05, 0.1) is 5.69 Å².